The van der Waals surface area contributed by atoms with Gasteiger partial charge in [-0.2, -0.15) is 5.10 Å². The van der Waals surface area contributed by atoms with Gasteiger partial charge in [0.2, 0.25) is 0 Å². The van der Waals surface area contributed by atoms with Crippen LogP contribution in [0.5, 0.6) is 5.75 Å². The van der Waals surface area contributed by atoms with Crippen molar-refractivity contribution in [2.45, 2.75) is 26.9 Å². The van der Waals surface area contributed by atoms with Gasteiger partial charge in [0, 0.05) is 29.0 Å². The van der Waals surface area contributed by atoms with Crippen LogP contribution in [-0.2, 0) is 13.1 Å². The molecule has 0 aliphatic rings. The van der Waals surface area contributed by atoms with Crippen molar-refractivity contribution in [2.24, 2.45) is 0 Å². The molecule has 2 rings (SSSR count). The van der Waals surface area contributed by atoms with Gasteiger partial charge in [-0.25, -0.2) is 0 Å². The molecule has 5 heteroatoms. The van der Waals surface area contributed by atoms with Crippen molar-refractivity contribution in [1.82, 2.24) is 15.1 Å². The van der Waals surface area contributed by atoms with Crippen molar-refractivity contribution < 1.29 is 4.74 Å². The third-order valence-corrected chi connectivity index (χ3v) is 3.47. The van der Waals surface area contributed by atoms with E-state index in [2.05, 4.69) is 52.3 Å². The molecule has 0 radical (unpaired) electrons. The van der Waals surface area contributed by atoms with Crippen molar-refractivity contribution in [3.8, 4) is 5.75 Å². The molecule has 0 atom stereocenters. The number of halogens is 1. The maximum Gasteiger partial charge on any atom is 0.126 e. The number of hydrogen-bond acceptors (Lipinski definition) is 3. The fourth-order valence-electron chi connectivity index (χ4n) is 2.07. The van der Waals surface area contributed by atoms with Crippen LogP contribution in [0.3, 0.4) is 0 Å². The predicted molar refractivity (Wildman–Crippen MR) is 84.0 cm³/mol. The molecule has 0 bridgehead atoms. The van der Waals surface area contributed by atoms with E-state index in [0.717, 1.165) is 35.4 Å². The first-order valence-electron chi connectivity index (χ1n) is 6.80. The lowest BCUT2D eigenvalue weighted by atomic mass is 10.1. The summed E-state index contributed by atoms with van der Waals surface area (Å²) in [6, 6.07) is 6.11. The van der Waals surface area contributed by atoms with Crippen LogP contribution in [0, 0.1) is 6.92 Å². The zero-order chi connectivity index (χ0) is 14.4. The molecule has 2 aromatic rings. The first kappa shape index (κ1) is 15.1. The van der Waals surface area contributed by atoms with Gasteiger partial charge in [0.15, 0.2) is 0 Å². The quantitative estimate of drug-likeness (QED) is 0.843. The van der Waals surface area contributed by atoms with Crippen LogP contribution in [-0.4, -0.2) is 22.9 Å². The number of aryl methyl sites for hydroxylation is 1. The van der Waals surface area contributed by atoms with Crippen LogP contribution in [0.1, 0.15) is 18.1 Å². The second-order valence-corrected chi connectivity index (χ2v) is 5.52. The van der Waals surface area contributed by atoms with Gasteiger partial charge in [0.25, 0.3) is 0 Å². The fraction of sp³-hybridized carbons (Fsp3) is 0.400. The number of rotatable bonds is 7. The summed E-state index contributed by atoms with van der Waals surface area (Å²) in [6.45, 7) is 7.30. The maximum atomic E-state index is 5.97. The standard InChI is InChI=1S/C15H20BrN3O/c1-3-17-11-13-10-14(16)9-12(2)15(13)20-8-7-19-6-4-5-18-19/h4-6,9-10,17H,3,7-8,11H2,1-2H3. The molecule has 0 saturated heterocycles. The minimum atomic E-state index is 0.614. The number of benzene rings is 1. The maximum absolute atomic E-state index is 5.97. The summed E-state index contributed by atoms with van der Waals surface area (Å²) in [5.74, 6) is 0.973. The molecule has 1 N–H and O–H groups in total. The average molecular weight is 338 g/mol. The van der Waals surface area contributed by atoms with E-state index in [4.69, 9.17) is 4.74 Å². The SMILES string of the molecule is CCNCc1cc(Br)cc(C)c1OCCn1cccn1. The topological polar surface area (TPSA) is 39.1 Å². The minimum Gasteiger partial charge on any atom is -0.491 e. The Balaban J connectivity index is 2.04. The minimum absolute atomic E-state index is 0.614. The molecule has 108 valence electrons. The summed E-state index contributed by atoms with van der Waals surface area (Å²) in [5.41, 5.74) is 2.33. The Morgan fingerprint density at radius 2 is 2.25 bits per heavy atom. The second-order valence-electron chi connectivity index (χ2n) is 4.61. The third kappa shape index (κ3) is 4.08. The molecule has 0 saturated carbocycles. The molecule has 1 heterocycles. The summed E-state index contributed by atoms with van der Waals surface area (Å²) in [7, 11) is 0. The smallest absolute Gasteiger partial charge is 0.126 e. The van der Waals surface area contributed by atoms with Crippen molar-refractivity contribution in [2.75, 3.05) is 13.2 Å². The molecule has 0 fully saturated rings. The van der Waals surface area contributed by atoms with E-state index >= 15 is 0 Å². The first-order chi connectivity index (χ1) is 9.70. The number of aromatic nitrogens is 2. The molecule has 0 spiro atoms. The predicted octanol–water partition coefficient (Wildman–Crippen LogP) is 3.14. The molecule has 1 aromatic carbocycles. The van der Waals surface area contributed by atoms with Gasteiger partial charge < -0.3 is 10.1 Å². The molecule has 0 unspecified atom stereocenters. The highest BCUT2D eigenvalue weighted by Gasteiger charge is 2.09. The van der Waals surface area contributed by atoms with E-state index in [0.29, 0.717) is 6.61 Å². The number of nitrogens with one attached hydrogen (secondary N) is 1. The van der Waals surface area contributed by atoms with Crippen LogP contribution >= 0.6 is 15.9 Å². The number of ether oxygens (including phenoxy) is 1. The van der Waals surface area contributed by atoms with Gasteiger partial charge in [0.1, 0.15) is 12.4 Å². The van der Waals surface area contributed by atoms with E-state index in [1.165, 1.54) is 5.56 Å². The monoisotopic (exact) mass is 337 g/mol. The van der Waals surface area contributed by atoms with E-state index in [-0.39, 0.29) is 0 Å². The number of hydrogen-bond donors (Lipinski definition) is 1. The highest BCUT2D eigenvalue weighted by Crippen LogP contribution is 2.28. The van der Waals surface area contributed by atoms with Crippen LogP contribution < -0.4 is 10.1 Å². The molecule has 20 heavy (non-hydrogen) atoms. The fourth-order valence-corrected chi connectivity index (χ4v) is 2.69. The lowest BCUT2D eigenvalue weighted by molar-refractivity contribution is 0.286. The summed E-state index contributed by atoms with van der Waals surface area (Å²) in [5, 5.41) is 7.52. The van der Waals surface area contributed by atoms with Crippen molar-refractivity contribution in [3.63, 3.8) is 0 Å². The Morgan fingerprint density at radius 1 is 1.40 bits per heavy atom. The summed E-state index contributed by atoms with van der Waals surface area (Å²) >= 11 is 3.54. The zero-order valence-electron chi connectivity index (χ0n) is 11.9. The average Bonchev–Trinajstić information content (AvgIpc) is 2.92. The van der Waals surface area contributed by atoms with Gasteiger partial charge in [-0.05, 0) is 37.2 Å². The van der Waals surface area contributed by atoms with E-state index in [1.807, 2.05) is 16.9 Å². The van der Waals surface area contributed by atoms with E-state index in [9.17, 15) is 0 Å². The Labute approximate surface area is 128 Å². The van der Waals surface area contributed by atoms with Gasteiger partial charge in [-0.15, -0.1) is 0 Å². The molecule has 4 nitrogen and oxygen atoms in total. The zero-order valence-corrected chi connectivity index (χ0v) is 13.5. The summed E-state index contributed by atoms with van der Waals surface area (Å²) in [6.07, 6.45) is 3.72. The van der Waals surface area contributed by atoms with Crippen LogP contribution in [0.15, 0.2) is 35.1 Å². The lowest BCUT2D eigenvalue weighted by Gasteiger charge is -2.15. The largest absolute Gasteiger partial charge is 0.491 e. The summed E-state index contributed by atoms with van der Waals surface area (Å²) < 4.78 is 8.93. The van der Waals surface area contributed by atoms with Crippen LogP contribution in [0.25, 0.3) is 0 Å². The lowest BCUT2D eigenvalue weighted by Crippen LogP contribution is -2.15. The second kappa shape index (κ2) is 7.45. The molecule has 1 aromatic heterocycles. The normalized spacial score (nSPS) is 10.8. The van der Waals surface area contributed by atoms with E-state index in [1.54, 1.807) is 6.20 Å². The third-order valence-electron chi connectivity index (χ3n) is 3.01. The number of nitrogens with zero attached hydrogens (tertiary/aromatic N) is 2. The van der Waals surface area contributed by atoms with Gasteiger partial charge in [-0.3, -0.25) is 4.68 Å². The van der Waals surface area contributed by atoms with Gasteiger partial charge in [-0.1, -0.05) is 22.9 Å². The first-order valence-corrected chi connectivity index (χ1v) is 7.60. The molecular weight excluding hydrogens is 318 g/mol. The molecule has 0 amide bonds. The van der Waals surface area contributed by atoms with Gasteiger partial charge in [0.05, 0.1) is 6.54 Å². The Morgan fingerprint density at radius 3 is 2.95 bits per heavy atom. The van der Waals surface area contributed by atoms with Crippen LogP contribution in [0.2, 0.25) is 0 Å². The highest BCUT2D eigenvalue weighted by molar-refractivity contribution is 9.10. The van der Waals surface area contributed by atoms with Crippen LogP contribution in [0.4, 0.5) is 0 Å². The molecular formula is C15H20BrN3O. The van der Waals surface area contributed by atoms with Crippen molar-refractivity contribution in [3.05, 3.63) is 46.2 Å². The van der Waals surface area contributed by atoms with Crippen molar-refractivity contribution in [1.29, 1.82) is 0 Å². The Hall–Kier alpha value is -1.33. The highest BCUT2D eigenvalue weighted by atomic mass is 79.9. The van der Waals surface area contributed by atoms with Crippen molar-refractivity contribution >= 4 is 15.9 Å². The van der Waals surface area contributed by atoms with E-state index < -0.39 is 0 Å². The summed E-state index contributed by atoms with van der Waals surface area (Å²) in [4.78, 5) is 0. The van der Waals surface area contributed by atoms with Gasteiger partial charge >= 0.3 is 0 Å². The molecule has 0 aliphatic carbocycles. The molecule has 0 aliphatic heterocycles. The Kier molecular flexibility index (Phi) is 5.61. The Bertz CT molecular complexity index is 540.